The summed E-state index contributed by atoms with van der Waals surface area (Å²) in [7, 11) is 1.31. The van der Waals surface area contributed by atoms with Crippen molar-refractivity contribution in [1.29, 1.82) is 0 Å². The number of hydrogen-bond acceptors (Lipinski definition) is 3. The average Bonchev–Trinajstić information content (AvgIpc) is 2.34. The van der Waals surface area contributed by atoms with Crippen LogP contribution in [0.25, 0.3) is 0 Å². The molecule has 0 saturated heterocycles. The Labute approximate surface area is 103 Å². The van der Waals surface area contributed by atoms with E-state index >= 15 is 0 Å². The number of amides is 1. The molecule has 0 heterocycles. The van der Waals surface area contributed by atoms with Gasteiger partial charge in [-0.05, 0) is 12.8 Å². The number of hydrogen-bond donors (Lipinski definition) is 1. The first-order valence-electron chi connectivity index (χ1n) is 6.05. The van der Waals surface area contributed by atoms with Gasteiger partial charge in [0.1, 0.15) is 6.04 Å². The Morgan fingerprint density at radius 3 is 2.59 bits per heavy atom. The maximum absolute atomic E-state index is 11.8. The Bertz CT molecular complexity index is 263. The van der Waals surface area contributed by atoms with Gasteiger partial charge in [-0.2, -0.15) is 0 Å². The van der Waals surface area contributed by atoms with Crippen molar-refractivity contribution in [1.82, 2.24) is 5.32 Å². The quantitative estimate of drug-likeness (QED) is 0.522. The van der Waals surface area contributed by atoms with Crippen LogP contribution >= 0.6 is 0 Å². The zero-order valence-electron chi connectivity index (χ0n) is 11.0. The lowest BCUT2D eigenvalue weighted by Crippen LogP contribution is -2.43. The zero-order chi connectivity index (χ0) is 13.3. The molecule has 98 valence electrons. The van der Waals surface area contributed by atoms with Gasteiger partial charge in [0.25, 0.3) is 0 Å². The molecule has 1 N–H and O–H groups in total. The fraction of sp³-hybridized carbons (Fsp3) is 0.692. The second kappa shape index (κ2) is 8.79. The van der Waals surface area contributed by atoms with Gasteiger partial charge in [-0.15, -0.1) is 6.58 Å². The van der Waals surface area contributed by atoms with Crippen molar-refractivity contribution in [2.45, 2.75) is 45.6 Å². The fourth-order valence-corrected chi connectivity index (χ4v) is 1.48. The van der Waals surface area contributed by atoms with E-state index in [0.29, 0.717) is 6.42 Å². The van der Waals surface area contributed by atoms with Crippen LogP contribution in [-0.4, -0.2) is 25.0 Å². The Morgan fingerprint density at radius 2 is 2.12 bits per heavy atom. The van der Waals surface area contributed by atoms with E-state index < -0.39 is 12.0 Å². The molecule has 0 saturated carbocycles. The Hall–Kier alpha value is -1.32. The van der Waals surface area contributed by atoms with Crippen LogP contribution in [0.1, 0.15) is 39.5 Å². The molecule has 0 aliphatic carbocycles. The molecule has 0 aliphatic rings. The third-order valence-electron chi connectivity index (χ3n) is 2.64. The Kier molecular flexibility index (Phi) is 8.11. The molecule has 0 spiro atoms. The van der Waals surface area contributed by atoms with Crippen molar-refractivity contribution in [2.24, 2.45) is 5.92 Å². The molecule has 0 aromatic carbocycles. The molecule has 1 amide bonds. The lowest BCUT2D eigenvalue weighted by atomic mass is 10.0. The summed E-state index contributed by atoms with van der Waals surface area (Å²) in [6.07, 6.45) is 4.89. The minimum Gasteiger partial charge on any atom is -0.467 e. The standard InChI is InChI=1S/C13H23NO3/c1-5-7-9-10(3)12(15)14-11(8-6-2)13(16)17-4/h6,10-11H,2,5,7-9H2,1,3-4H3,(H,14,15)/t10-,11-/m0/s1. The van der Waals surface area contributed by atoms with Crippen molar-refractivity contribution in [2.75, 3.05) is 7.11 Å². The van der Waals surface area contributed by atoms with E-state index in [1.807, 2.05) is 6.92 Å². The first-order chi connectivity index (χ1) is 8.06. The van der Waals surface area contributed by atoms with Crippen molar-refractivity contribution in [3.05, 3.63) is 12.7 Å². The number of nitrogens with one attached hydrogen (secondary N) is 1. The molecule has 0 bridgehead atoms. The van der Waals surface area contributed by atoms with E-state index in [2.05, 4.69) is 23.6 Å². The summed E-state index contributed by atoms with van der Waals surface area (Å²) in [6, 6.07) is -0.617. The van der Waals surface area contributed by atoms with Gasteiger partial charge in [0.15, 0.2) is 0 Å². The summed E-state index contributed by atoms with van der Waals surface area (Å²) in [5.41, 5.74) is 0. The van der Waals surface area contributed by atoms with Gasteiger partial charge in [0, 0.05) is 5.92 Å². The van der Waals surface area contributed by atoms with Gasteiger partial charge in [0.2, 0.25) is 5.91 Å². The van der Waals surface area contributed by atoms with Gasteiger partial charge in [-0.3, -0.25) is 4.79 Å². The van der Waals surface area contributed by atoms with Crippen molar-refractivity contribution < 1.29 is 14.3 Å². The van der Waals surface area contributed by atoms with Crippen LogP contribution in [0.3, 0.4) is 0 Å². The van der Waals surface area contributed by atoms with Crippen LogP contribution in [0, 0.1) is 5.92 Å². The highest BCUT2D eigenvalue weighted by atomic mass is 16.5. The molecular weight excluding hydrogens is 218 g/mol. The minimum absolute atomic E-state index is 0.0769. The number of ether oxygens (including phenoxy) is 1. The highest BCUT2D eigenvalue weighted by Gasteiger charge is 2.22. The molecule has 0 aromatic heterocycles. The number of rotatable bonds is 8. The highest BCUT2D eigenvalue weighted by Crippen LogP contribution is 2.08. The fourth-order valence-electron chi connectivity index (χ4n) is 1.48. The summed E-state index contributed by atoms with van der Waals surface area (Å²) < 4.78 is 4.63. The van der Waals surface area contributed by atoms with Gasteiger partial charge in [-0.1, -0.05) is 32.8 Å². The molecule has 2 atom stereocenters. The van der Waals surface area contributed by atoms with E-state index in [4.69, 9.17) is 0 Å². The summed E-state index contributed by atoms with van der Waals surface area (Å²) >= 11 is 0. The predicted molar refractivity (Wildman–Crippen MR) is 67.4 cm³/mol. The van der Waals surface area contributed by atoms with Gasteiger partial charge < -0.3 is 10.1 Å². The Balaban J connectivity index is 4.28. The number of unbranched alkanes of at least 4 members (excludes halogenated alkanes) is 1. The summed E-state index contributed by atoms with van der Waals surface area (Å²) in [4.78, 5) is 23.2. The van der Waals surface area contributed by atoms with Crippen LogP contribution in [0.15, 0.2) is 12.7 Å². The normalized spacial score (nSPS) is 13.6. The van der Waals surface area contributed by atoms with E-state index in [0.717, 1.165) is 19.3 Å². The summed E-state index contributed by atoms with van der Waals surface area (Å²) in [5, 5.41) is 2.69. The van der Waals surface area contributed by atoms with Gasteiger partial charge in [0.05, 0.1) is 7.11 Å². The van der Waals surface area contributed by atoms with Crippen LogP contribution in [-0.2, 0) is 14.3 Å². The van der Waals surface area contributed by atoms with Crippen molar-refractivity contribution in [3.8, 4) is 0 Å². The zero-order valence-corrected chi connectivity index (χ0v) is 11.0. The third-order valence-corrected chi connectivity index (χ3v) is 2.64. The molecule has 0 rings (SSSR count). The largest absolute Gasteiger partial charge is 0.467 e. The van der Waals surface area contributed by atoms with Crippen LogP contribution in [0.2, 0.25) is 0 Å². The molecule has 0 fully saturated rings. The summed E-state index contributed by atoms with van der Waals surface area (Å²) in [5.74, 6) is -0.608. The smallest absolute Gasteiger partial charge is 0.328 e. The second-order valence-electron chi connectivity index (χ2n) is 4.15. The monoisotopic (exact) mass is 241 g/mol. The van der Waals surface area contributed by atoms with E-state index in [1.54, 1.807) is 6.08 Å². The first kappa shape index (κ1) is 15.7. The maximum Gasteiger partial charge on any atom is 0.328 e. The minimum atomic E-state index is -0.617. The lowest BCUT2D eigenvalue weighted by Gasteiger charge is -2.17. The molecule has 0 aliphatic heterocycles. The molecule has 0 radical (unpaired) electrons. The number of methoxy groups -OCH3 is 1. The Morgan fingerprint density at radius 1 is 1.47 bits per heavy atom. The summed E-state index contributed by atoms with van der Waals surface area (Å²) in [6.45, 7) is 7.51. The predicted octanol–water partition coefficient (Wildman–Crippen LogP) is 2.05. The van der Waals surface area contributed by atoms with E-state index in [-0.39, 0.29) is 11.8 Å². The first-order valence-corrected chi connectivity index (χ1v) is 6.05. The highest BCUT2D eigenvalue weighted by molar-refractivity contribution is 5.85. The molecule has 0 aromatic rings. The van der Waals surface area contributed by atoms with E-state index in [1.165, 1.54) is 7.11 Å². The average molecular weight is 241 g/mol. The number of carbonyl (C=O) groups excluding carboxylic acids is 2. The maximum atomic E-state index is 11.8. The third kappa shape index (κ3) is 6.09. The lowest BCUT2D eigenvalue weighted by molar-refractivity contribution is -0.145. The molecule has 17 heavy (non-hydrogen) atoms. The van der Waals surface area contributed by atoms with Crippen LogP contribution in [0.5, 0.6) is 0 Å². The van der Waals surface area contributed by atoms with Crippen LogP contribution in [0.4, 0.5) is 0 Å². The van der Waals surface area contributed by atoms with Gasteiger partial charge in [-0.25, -0.2) is 4.79 Å². The van der Waals surface area contributed by atoms with Gasteiger partial charge >= 0.3 is 5.97 Å². The van der Waals surface area contributed by atoms with Crippen LogP contribution < -0.4 is 5.32 Å². The van der Waals surface area contributed by atoms with Crippen molar-refractivity contribution >= 4 is 11.9 Å². The topological polar surface area (TPSA) is 55.4 Å². The number of carbonyl (C=O) groups is 2. The second-order valence-corrected chi connectivity index (χ2v) is 4.15. The molecule has 4 nitrogen and oxygen atoms in total. The van der Waals surface area contributed by atoms with E-state index in [9.17, 15) is 9.59 Å². The molecule has 0 unspecified atom stereocenters. The molecule has 4 heteroatoms. The number of esters is 1. The van der Waals surface area contributed by atoms with Crippen molar-refractivity contribution in [3.63, 3.8) is 0 Å². The SMILES string of the molecule is C=CC[C@H](NC(=O)[C@@H](C)CCCC)C(=O)OC. The molecular formula is C13H23NO3.